The number of cyclic esters (lactones) is 1. The van der Waals surface area contributed by atoms with Gasteiger partial charge < -0.3 is 19.3 Å². The number of esters is 1. The third-order valence-electron chi connectivity index (χ3n) is 2.42. The molecule has 1 fully saturated rings. The Kier molecular flexibility index (Phi) is 2.54. The number of hydrogen-bond acceptors (Lipinski definition) is 5. The number of carbonyl (C=O) groups excluding carboxylic acids is 1. The van der Waals surface area contributed by atoms with Gasteiger partial charge in [0.2, 0.25) is 0 Å². The number of carbonyl (C=O) groups is 1. The molecule has 0 saturated carbocycles. The van der Waals surface area contributed by atoms with Crippen LogP contribution in [0.2, 0.25) is 0 Å². The highest BCUT2D eigenvalue weighted by atomic mass is 16.8. The lowest BCUT2D eigenvalue weighted by atomic mass is 10.1. The van der Waals surface area contributed by atoms with Crippen LogP contribution in [0.15, 0.2) is 12.2 Å². The largest absolute Gasteiger partial charge is 0.453 e. The molecule has 0 radical (unpaired) electrons. The van der Waals surface area contributed by atoms with Gasteiger partial charge in [-0.15, -0.1) is 0 Å². The van der Waals surface area contributed by atoms with Crippen molar-refractivity contribution in [2.75, 3.05) is 6.61 Å². The van der Waals surface area contributed by atoms with E-state index in [-0.39, 0.29) is 0 Å². The van der Waals surface area contributed by atoms with Crippen molar-refractivity contribution in [1.82, 2.24) is 0 Å². The molecule has 15 heavy (non-hydrogen) atoms. The highest BCUT2D eigenvalue weighted by Gasteiger charge is 2.42. The lowest BCUT2D eigenvalue weighted by Crippen LogP contribution is -2.44. The Morgan fingerprint density at radius 2 is 2.27 bits per heavy atom. The summed E-state index contributed by atoms with van der Waals surface area (Å²) in [6.07, 6.45) is 0.700. The van der Waals surface area contributed by atoms with Gasteiger partial charge in [-0.1, -0.05) is 0 Å². The zero-order valence-electron chi connectivity index (χ0n) is 8.67. The van der Waals surface area contributed by atoms with Crippen molar-refractivity contribution in [3.05, 3.63) is 12.2 Å². The molecule has 2 aliphatic rings. The molecular weight excluding hydrogens is 200 g/mol. The fraction of sp³-hybridized carbons (Fsp3) is 0.700. The first-order valence-electron chi connectivity index (χ1n) is 4.87. The third kappa shape index (κ3) is 2.19. The summed E-state index contributed by atoms with van der Waals surface area (Å²) in [4.78, 5) is 11.0. The van der Waals surface area contributed by atoms with E-state index < -0.39 is 30.1 Å². The predicted octanol–water partition coefficient (Wildman–Crippen LogP) is -0.0196. The zero-order chi connectivity index (χ0) is 11.1. The van der Waals surface area contributed by atoms with Crippen molar-refractivity contribution in [2.24, 2.45) is 0 Å². The Morgan fingerprint density at radius 3 is 2.87 bits per heavy atom. The Labute approximate surface area is 87.6 Å². The number of ether oxygens (including phenoxy) is 3. The summed E-state index contributed by atoms with van der Waals surface area (Å²) in [6, 6.07) is 0. The minimum Gasteiger partial charge on any atom is -0.453 e. The lowest BCUT2D eigenvalue weighted by molar-refractivity contribution is -0.177. The summed E-state index contributed by atoms with van der Waals surface area (Å²) >= 11 is 0. The molecule has 5 heteroatoms. The predicted molar refractivity (Wildman–Crippen MR) is 49.9 cm³/mol. The van der Waals surface area contributed by atoms with Crippen LogP contribution >= 0.6 is 0 Å². The highest BCUT2D eigenvalue weighted by Crippen LogP contribution is 2.27. The van der Waals surface area contributed by atoms with Crippen molar-refractivity contribution in [3.63, 3.8) is 0 Å². The van der Waals surface area contributed by atoms with Gasteiger partial charge in [0.15, 0.2) is 11.9 Å². The Morgan fingerprint density at radius 1 is 1.53 bits per heavy atom. The van der Waals surface area contributed by atoms with E-state index in [2.05, 4.69) is 0 Å². The molecule has 1 saturated heterocycles. The molecule has 1 N–H and O–H groups in total. The SMILES string of the molecule is CC1(C)OC[C@H]([C@@H]2OC(=O)C=C[C@H]2O)O1. The Bertz CT molecular complexity index is 296. The zero-order valence-corrected chi connectivity index (χ0v) is 8.67. The Balaban J connectivity index is 2.05. The first kappa shape index (κ1) is 10.6. The molecule has 2 rings (SSSR count). The number of aliphatic hydroxyl groups excluding tert-OH is 1. The first-order valence-corrected chi connectivity index (χ1v) is 4.87. The second-order valence-corrected chi connectivity index (χ2v) is 4.12. The first-order chi connectivity index (χ1) is 6.98. The summed E-state index contributed by atoms with van der Waals surface area (Å²) in [5, 5.41) is 9.62. The molecule has 0 aromatic carbocycles. The number of hydrogen-bond donors (Lipinski definition) is 1. The molecular formula is C10H14O5. The van der Waals surface area contributed by atoms with Crippen LogP contribution in [0.5, 0.6) is 0 Å². The maximum Gasteiger partial charge on any atom is 0.330 e. The van der Waals surface area contributed by atoms with Gasteiger partial charge in [-0.05, 0) is 19.9 Å². The van der Waals surface area contributed by atoms with E-state index in [9.17, 15) is 9.90 Å². The normalized spacial score (nSPS) is 39.1. The van der Waals surface area contributed by atoms with Crippen LogP contribution < -0.4 is 0 Å². The summed E-state index contributed by atoms with van der Waals surface area (Å²) in [5.74, 6) is -1.14. The van der Waals surface area contributed by atoms with Gasteiger partial charge >= 0.3 is 5.97 Å². The van der Waals surface area contributed by atoms with E-state index in [1.807, 2.05) is 0 Å². The molecule has 84 valence electrons. The van der Waals surface area contributed by atoms with Gasteiger partial charge in [-0.25, -0.2) is 4.79 Å². The van der Waals surface area contributed by atoms with E-state index in [1.54, 1.807) is 13.8 Å². The summed E-state index contributed by atoms with van der Waals surface area (Å²) < 4.78 is 15.8. The summed E-state index contributed by atoms with van der Waals surface area (Å²) in [5.41, 5.74) is 0. The quantitative estimate of drug-likeness (QED) is 0.621. The van der Waals surface area contributed by atoms with Crippen LogP contribution in [0, 0.1) is 0 Å². The Hall–Kier alpha value is -0.910. The summed E-state index contributed by atoms with van der Waals surface area (Å²) in [6.45, 7) is 3.87. The van der Waals surface area contributed by atoms with Crippen LogP contribution in [0.1, 0.15) is 13.8 Å². The average Bonchev–Trinajstić information content (AvgIpc) is 2.50. The highest BCUT2D eigenvalue weighted by molar-refractivity contribution is 5.83. The van der Waals surface area contributed by atoms with Gasteiger partial charge in [0.05, 0.1) is 6.61 Å². The summed E-state index contributed by atoms with van der Waals surface area (Å²) in [7, 11) is 0. The molecule has 0 unspecified atom stereocenters. The fourth-order valence-corrected chi connectivity index (χ4v) is 1.70. The van der Waals surface area contributed by atoms with E-state index in [0.29, 0.717) is 6.61 Å². The molecule has 5 nitrogen and oxygen atoms in total. The molecule has 0 aliphatic carbocycles. The lowest BCUT2D eigenvalue weighted by Gasteiger charge is -2.28. The van der Waals surface area contributed by atoms with Crippen molar-refractivity contribution in [2.45, 2.75) is 37.9 Å². The second kappa shape index (κ2) is 3.59. The van der Waals surface area contributed by atoms with Gasteiger partial charge in [-0.2, -0.15) is 0 Å². The molecule has 0 bridgehead atoms. The topological polar surface area (TPSA) is 65.0 Å². The van der Waals surface area contributed by atoms with Crippen molar-refractivity contribution in [3.8, 4) is 0 Å². The maximum absolute atomic E-state index is 11.0. The fourth-order valence-electron chi connectivity index (χ4n) is 1.70. The van der Waals surface area contributed by atoms with Crippen LogP contribution in [-0.4, -0.2) is 41.8 Å². The van der Waals surface area contributed by atoms with Crippen molar-refractivity contribution in [1.29, 1.82) is 0 Å². The molecule has 0 aromatic heterocycles. The second-order valence-electron chi connectivity index (χ2n) is 4.12. The molecule has 0 spiro atoms. The van der Waals surface area contributed by atoms with Gasteiger partial charge in [0, 0.05) is 6.08 Å². The van der Waals surface area contributed by atoms with Crippen molar-refractivity contribution < 1.29 is 24.1 Å². The van der Waals surface area contributed by atoms with Crippen LogP contribution in [0.3, 0.4) is 0 Å². The van der Waals surface area contributed by atoms with E-state index >= 15 is 0 Å². The third-order valence-corrected chi connectivity index (χ3v) is 2.42. The number of rotatable bonds is 1. The smallest absolute Gasteiger partial charge is 0.330 e. The standard InChI is InChI=1S/C10H14O5/c1-10(2)13-5-7(15-10)9-6(11)3-4-8(12)14-9/h3-4,6-7,9,11H,5H2,1-2H3/t6-,7-,9-/m1/s1. The number of aliphatic hydroxyl groups is 1. The minimum absolute atomic E-state index is 0.315. The molecule has 0 amide bonds. The minimum atomic E-state index is -0.829. The van der Waals surface area contributed by atoms with Gasteiger partial charge in [0.1, 0.15) is 12.2 Å². The van der Waals surface area contributed by atoms with Crippen LogP contribution in [0.25, 0.3) is 0 Å². The van der Waals surface area contributed by atoms with Crippen molar-refractivity contribution >= 4 is 5.97 Å². The average molecular weight is 214 g/mol. The van der Waals surface area contributed by atoms with Gasteiger partial charge in [0.25, 0.3) is 0 Å². The van der Waals surface area contributed by atoms with Gasteiger partial charge in [-0.3, -0.25) is 0 Å². The molecule has 2 heterocycles. The molecule has 2 aliphatic heterocycles. The monoisotopic (exact) mass is 214 g/mol. The van der Waals surface area contributed by atoms with E-state index in [1.165, 1.54) is 12.2 Å². The van der Waals surface area contributed by atoms with E-state index in [4.69, 9.17) is 14.2 Å². The molecule has 0 aromatic rings. The van der Waals surface area contributed by atoms with Crippen LogP contribution in [0.4, 0.5) is 0 Å². The maximum atomic E-state index is 11.0. The van der Waals surface area contributed by atoms with Crippen LogP contribution in [-0.2, 0) is 19.0 Å². The van der Waals surface area contributed by atoms with E-state index in [0.717, 1.165) is 0 Å². The molecule has 3 atom stereocenters.